The molecule has 1 amide bonds. The van der Waals surface area contributed by atoms with Gasteiger partial charge < -0.3 is 4.74 Å². The van der Waals surface area contributed by atoms with Crippen molar-refractivity contribution in [2.24, 2.45) is 5.10 Å². The fourth-order valence-corrected chi connectivity index (χ4v) is 2.97. The van der Waals surface area contributed by atoms with Crippen LogP contribution >= 0.6 is 23.2 Å². The van der Waals surface area contributed by atoms with Gasteiger partial charge in [-0.25, -0.2) is 5.43 Å². The van der Waals surface area contributed by atoms with Crippen LogP contribution in [-0.2, 0) is 4.79 Å². The lowest BCUT2D eigenvalue weighted by Gasteiger charge is -2.11. The predicted molar refractivity (Wildman–Crippen MR) is 107 cm³/mol. The molecule has 0 radical (unpaired) electrons. The average molecular weight is 393 g/mol. The molecule has 2 aromatic carbocycles. The van der Waals surface area contributed by atoms with Gasteiger partial charge in [-0.3, -0.25) is 4.79 Å². The summed E-state index contributed by atoms with van der Waals surface area (Å²) >= 11 is 12.1. The van der Waals surface area contributed by atoms with E-state index in [1.54, 1.807) is 18.2 Å². The number of rotatable bonds is 8. The first-order valence-corrected chi connectivity index (χ1v) is 9.25. The van der Waals surface area contributed by atoms with Crippen molar-refractivity contribution in [2.75, 3.05) is 6.61 Å². The molecule has 0 fully saturated rings. The average Bonchev–Trinajstić information content (AvgIpc) is 2.63. The number of hydrazone groups is 1. The zero-order chi connectivity index (χ0) is 18.9. The molecule has 0 aliphatic rings. The first kappa shape index (κ1) is 20.3. The Morgan fingerprint density at radius 2 is 1.85 bits per heavy atom. The van der Waals surface area contributed by atoms with Crippen molar-refractivity contribution in [2.45, 2.75) is 32.6 Å². The second-order valence-electron chi connectivity index (χ2n) is 5.98. The van der Waals surface area contributed by atoms with Crippen LogP contribution in [0.15, 0.2) is 47.6 Å². The second kappa shape index (κ2) is 10.2. The quantitative estimate of drug-likeness (QED) is 0.481. The van der Waals surface area contributed by atoms with Gasteiger partial charge in [-0.1, -0.05) is 61.7 Å². The SMILES string of the molecule is CCC[C@@H](C)c1ccc(OCC(=O)N/N=C\c2c(Cl)cccc2Cl)cc1. The minimum atomic E-state index is -0.368. The molecule has 0 unspecified atom stereocenters. The molecule has 2 aromatic rings. The van der Waals surface area contributed by atoms with E-state index in [0.717, 1.165) is 12.8 Å². The number of nitrogens with zero attached hydrogens (tertiary/aromatic N) is 1. The lowest BCUT2D eigenvalue weighted by molar-refractivity contribution is -0.123. The summed E-state index contributed by atoms with van der Waals surface area (Å²) in [5.41, 5.74) is 4.21. The maximum Gasteiger partial charge on any atom is 0.277 e. The van der Waals surface area contributed by atoms with Crippen molar-refractivity contribution in [3.63, 3.8) is 0 Å². The van der Waals surface area contributed by atoms with Gasteiger partial charge in [0.25, 0.3) is 5.91 Å². The zero-order valence-corrected chi connectivity index (χ0v) is 16.3. The molecule has 6 heteroatoms. The van der Waals surface area contributed by atoms with Gasteiger partial charge in [0, 0.05) is 5.56 Å². The monoisotopic (exact) mass is 392 g/mol. The molecule has 0 heterocycles. The first-order chi connectivity index (χ1) is 12.5. The van der Waals surface area contributed by atoms with E-state index in [-0.39, 0.29) is 12.5 Å². The van der Waals surface area contributed by atoms with Crippen LogP contribution in [0.2, 0.25) is 10.0 Å². The summed E-state index contributed by atoms with van der Waals surface area (Å²) in [7, 11) is 0. The van der Waals surface area contributed by atoms with E-state index in [1.807, 2.05) is 24.3 Å². The lowest BCUT2D eigenvalue weighted by atomic mass is 9.97. The Hall–Kier alpha value is -2.04. The van der Waals surface area contributed by atoms with E-state index in [0.29, 0.717) is 27.3 Å². The molecule has 1 atom stereocenters. The molecule has 1 N–H and O–H groups in total. The van der Waals surface area contributed by atoms with Gasteiger partial charge in [0.05, 0.1) is 16.3 Å². The molecule has 0 bridgehead atoms. The maximum absolute atomic E-state index is 11.8. The van der Waals surface area contributed by atoms with Crippen LogP contribution < -0.4 is 10.2 Å². The van der Waals surface area contributed by atoms with Gasteiger partial charge in [0.1, 0.15) is 5.75 Å². The topological polar surface area (TPSA) is 50.7 Å². The Morgan fingerprint density at radius 3 is 2.46 bits per heavy atom. The summed E-state index contributed by atoms with van der Waals surface area (Å²) < 4.78 is 5.47. The van der Waals surface area contributed by atoms with Crippen molar-refractivity contribution in [3.05, 3.63) is 63.6 Å². The number of halogens is 2. The fourth-order valence-electron chi connectivity index (χ4n) is 2.48. The number of benzene rings is 2. The van der Waals surface area contributed by atoms with Crippen LogP contribution in [0.3, 0.4) is 0 Å². The van der Waals surface area contributed by atoms with E-state index in [1.165, 1.54) is 11.8 Å². The fraction of sp³-hybridized carbons (Fsp3) is 0.300. The number of hydrogen-bond acceptors (Lipinski definition) is 3. The van der Waals surface area contributed by atoms with Crippen LogP contribution in [0, 0.1) is 0 Å². The van der Waals surface area contributed by atoms with E-state index < -0.39 is 0 Å². The summed E-state index contributed by atoms with van der Waals surface area (Å²) in [5.74, 6) is 0.793. The van der Waals surface area contributed by atoms with Crippen molar-refractivity contribution < 1.29 is 9.53 Å². The smallest absolute Gasteiger partial charge is 0.277 e. The van der Waals surface area contributed by atoms with Crippen LogP contribution in [0.25, 0.3) is 0 Å². The molecular weight excluding hydrogens is 371 g/mol. The number of nitrogens with one attached hydrogen (secondary N) is 1. The highest BCUT2D eigenvalue weighted by Crippen LogP contribution is 2.23. The van der Waals surface area contributed by atoms with E-state index in [4.69, 9.17) is 27.9 Å². The summed E-state index contributed by atoms with van der Waals surface area (Å²) in [4.78, 5) is 11.8. The minimum absolute atomic E-state index is 0.128. The largest absolute Gasteiger partial charge is 0.484 e. The van der Waals surface area contributed by atoms with Crippen LogP contribution in [0.1, 0.15) is 43.7 Å². The normalized spacial score (nSPS) is 12.2. The van der Waals surface area contributed by atoms with Crippen molar-refractivity contribution in [1.29, 1.82) is 0 Å². The molecule has 4 nitrogen and oxygen atoms in total. The molecule has 138 valence electrons. The molecule has 0 saturated carbocycles. The van der Waals surface area contributed by atoms with Crippen LogP contribution in [0.4, 0.5) is 0 Å². The standard InChI is InChI=1S/C20H22Cl2N2O2/c1-3-5-14(2)15-8-10-16(11-9-15)26-13-20(25)24-23-12-17-18(21)6-4-7-19(17)22/h4,6-12,14H,3,5,13H2,1-2H3,(H,24,25)/b23-12-/t14-/m1/s1. The summed E-state index contributed by atoms with van der Waals surface area (Å²) in [6.07, 6.45) is 3.71. The number of carbonyl (C=O) groups excluding carboxylic acids is 1. The Kier molecular flexibility index (Phi) is 7.95. The van der Waals surface area contributed by atoms with E-state index >= 15 is 0 Å². The van der Waals surface area contributed by atoms with E-state index in [2.05, 4.69) is 24.4 Å². The van der Waals surface area contributed by atoms with Gasteiger partial charge in [0.2, 0.25) is 0 Å². The first-order valence-electron chi connectivity index (χ1n) is 8.50. The Bertz CT molecular complexity index is 741. The number of amides is 1. The zero-order valence-electron chi connectivity index (χ0n) is 14.8. The molecule has 0 aliphatic heterocycles. The van der Waals surface area contributed by atoms with Crippen molar-refractivity contribution in [1.82, 2.24) is 5.43 Å². The number of hydrogen-bond donors (Lipinski definition) is 1. The molecule has 26 heavy (non-hydrogen) atoms. The third-order valence-electron chi connectivity index (χ3n) is 3.92. The number of ether oxygens (including phenoxy) is 1. The summed E-state index contributed by atoms with van der Waals surface area (Å²) in [5, 5.41) is 4.78. The minimum Gasteiger partial charge on any atom is -0.484 e. The highest BCUT2D eigenvalue weighted by molar-refractivity contribution is 6.38. The molecule has 2 rings (SSSR count). The highest BCUT2D eigenvalue weighted by Gasteiger charge is 2.06. The molecule has 0 spiro atoms. The Balaban J connectivity index is 1.82. The lowest BCUT2D eigenvalue weighted by Crippen LogP contribution is -2.24. The summed E-state index contributed by atoms with van der Waals surface area (Å²) in [6.45, 7) is 4.25. The third kappa shape index (κ3) is 6.04. The van der Waals surface area contributed by atoms with Gasteiger partial charge in [-0.15, -0.1) is 0 Å². The second-order valence-corrected chi connectivity index (χ2v) is 6.79. The number of carbonyl (C=O) groups is 1. The summed E-state index contributed by atoms with van der Waals surface area (Å²) in [6, 6.07) is 13.0. The molecule has 0 saturated heterocycles. The predicted octanol–water partition coefficient (Wildman–Crippen LogP) is 5.43. The van der Waals surface area contributed by atoms with Crippen molar-refractivity contribution in [3.8, 4) is 5.75 Å². The van der Waals surface area contributed by atoms with Gasteiger partial charge in [-0.2, -0.15) is 5.10 Å². The van der Waals surface area contributed by atoms with Crippen molar-refractivity contribution >= 4 is 35.3 Å². The molecule has 0 aromatic heterocycles. The van der Waals surface area contributed by atoms with E-state index in [9.17, 15) is 4.79 Å². The third-order valence-corrected chi connectivity index (χ3v) is 4.58. The highest BCUT2D eigenvalue weighted by atomic mass is 35.5. The van der Waals surface area contributed by atoms with Gasteiger partial charge in [-0.05, 0) is 42.2 Å². The maximum atomic E-state index is 11.8. The van der Waals surface area contributed by atoms with Gasteiger partial charge in [0.15, 0.2) is 6.61 Å². The van der Waals surface area contributed by atoms with Crippen LogP contribution in [0.5, 0.6) is 5.75 Å². The molecular formula is C20H22Cl2N2O2. The Labute approximate surface area is 164 Å². The van der Waals surface area contributed by atoms with Crippen LogP contribution in [-0.4, -0.2) is 18.7 Å². The van der Waals surface area contributed by atoms with Gasteiger partial charge >= 0.3 is 0 Å². The molecule has 0 aliphatic carbocycles. The Morgan fingerprint density at radius 1 is 1.19 bits per heavy atom.